The van der Waals surface area contributed by atoms with Crippen LogP contribution >= 0.6 is 0 Å². The summed E-state index contributed by atoms with van der Waals surface area (Å²) in [7, 11) is 0. The van der Waals surface area contributed by atoms with Crippen molar-refractivity contribution in [1.82, 2.24) is 0 Å². The Hall–Kier alpha value is -0.820. The Bertz CT molecular complexity index is 412. The molecule has 0 aliphatic heterocycles. The van der Waals surface area contributed by atoms with Gasteiger partial charge in [-0.1, -0.05) is 32.9 Å². The second kappa shape index (κ2) is 4.70. The molecule has 1 fully saturated rings. The third kappa shape index (κ3) is 2.95. The topological polar surface area (TPSA) is 26.0 Å². The Morgan fingerprint density at radius 2 is 1.67 bits per heavy atom. The molecule has 2 N–H and O–H groups in total. The molecule has 18 heavy (non-hydrogen) atoms. The summed E-state index contributed by atoms with van der Waals surface area (Å²) >= 11 is 0. The molecule has 0 aromatic heterocycles. The van der Waals surface area contributed by atoms with E-state index < -0.39 is 0 Å². The summed E-state index contributed by atoms with van der Waals surface area (Å²) < 4.78 is 0. The molecule has 100 valence electrons. The molecule has 1 nitrogen and oxygen atoms in total. The molecule has 2 rings (SSSR count). The number of hydrogen-bond acceptors (Lipinski definition) is 1. The second-order valence-corrected chi connectivity index (χ2v) is 7.04. The van der Waals surface area contributed by atoms with Crippen molar-refractivity contribution >= 4 is 0 Å². The summed E-state index contributed by atoms with van der Waals surface area (Å²) in [6.45, 7) is 11.3. The molecule has 1 aromatic rings. The number of nitrogens with two attached hydrogens (primary N) is 1. The fourth-order valence-corrected chi connectivity index (χ4v) is 2.68. The quantitative estimate of drug-likeness (QED) is 0.859. The first-order valence-corrected chi connectivity index (χ1v) is 7.15. The van der Waals surface area contributed by atoms with Crippen molar-refractivity contribution in [3.63, 3.8) is 0 Å². The smallest absolute Gasteiger partial charge is 0.0108 e. The highest BCUT2D eigenvalue weighted by molar-refractivity contribution is 5.41. The molecule has 0 saturated heterocycles. The Morgan fingerprint density at radius 1 is 1.17 bits per heavy atom. The largest absolute Gasteiger partial charge is 0.327 e. The molecule has 1 heteroatoms. The Balaban J connectivity index is 2.26. The molecule has 0 radical (unpaired) electrons. The van der Waals surface area contributed by atoms with Crippen LogP contribution in [-0.2, 0) is 11.8 Å². The van der Waals surface area contributed by atoms with Crippen LogP contribution in [0.4, 0.5) is 0 Å². The van der Waals surface area contributed by atoms with Crippen molar-refractivity contribution in [2.75, 3.05) is 0 Å². The predicted molar refractivity (Wildman–Crippen MR) is 79.0 cm³/mol. The van der Waals surface area contributed by atoms with Gasteiger partial charge in [0.25, 0.3) is 0 Å². The molecule has 0 bridgehead atoms. The lowest BCUT2D eigenvalue weighted by molar-refractivity contribution is 0.580. The van der Waals surface area contributed by atoms with E-state index in [2.05, 4.69) is 46.8 Å². The fourth-order valence-electron chi connectivity index (χ4n) is 2.68. The van der Waals surface area contributed by atoms with Crippen molar-refractivity contribution in [1.29, 1.82) is 0 Å². The molecule has 0 heterocycles. The maximum absolute atomic E-state index is 6.27. The lowest BCUT2D eigenvalue weighted by atomic mass is 9.82. The first-order chi connectivity index (χ1) is 8.29. The van der Waals surface area contributed by atoms with Gasteiger partial charge in [-0.05, 0) is 66.7 Å². The van der Waals surface area contributed by atoms with Gasteiger partial charge in [-0.2, -0.15) is 0 Å². The second-order valence-electron chi connectivity index (χ2n) is 7.04. The molecule has 1 aromatic carbocycles. The van der Waals surface area contributed by atoms with E-state index in [1.54, 1.807) is 0 Å². The average Bonchev–Trinajstić information content (AvgIpc) is 3.04. The number of benzene rings is 1. The summed E-state index contributed by atoms with van der Waals surface area (Å²) in [5.74, 6) is 0.783. The molecule has 1 unspecified atom stereocenters. The van der Waals surface area contributed by atoms with Crippen molar-refractivity contribution in [2.24, 2.45) is 11.7 Å². The fraction of sp³-hybridized carbons (Fsp3) is 0.647. The normalized spacial score (nSPS) is 17.9. The van der Waals surface area contributed by atoms with E-state index >= 15 is 0 Å². The van der Waals surface area contributed by atoms with Gasteiger partial charge in [0.05, 0.1) is 0 Å². The molecule has 1 aliphatic rings. The van der Waals surface area contributed by atoms with E-state index in [1.807, 2.05) is 0 Å². The number of aryl methyl sites for hydroxylation is 2. The average molecular weight is 245 g/mol. The zero-order chi connectivity index (χ0) is 13.5. The van der Waals surface area contributed by atoms with E-state index in [1.165, 1.54) is 35.1 Å². The summed E-state index contributed by atoms with van der Waals surface area (Å²) in [4.78, 5) is 0. The molecular weight excluding hydrogens is 218 g/mol. The van der Waals surface area contributed by atoms with Gasteiger partial charge in [-0.3, -0.25) is 0 Å². The van der Waals surface area contributed by atoms with E-state index in [-0.39, 0.29) is 5.41 Å². The maximum Gasteiger partial charge on any atom is 0.0108 e. The van der Waals surface area contributed by atoms with Gasteiger partial charge in [0, 0.05) is 6.04 Å². The SMILES string of the molecule is Cc1cc(C(C)(C)C)cc(C)c1CC(N)C1CC1. The van der Waals surface area contributed by atoms with E-state index in [4.69, 9.17) is 5.73 Å². The molecule has 1 aliphatic carbocycles. The summed E-state index contributed by atoms with van der Waals surface area (Å²) in [6.07, 6.45) is 3.71. The number of hydrogen-bond donors (Lipinski definition) is 1. The van der Waals surface area contributed by atoms with Crippen LogP contribution < -0.4 is 5.73 Å². The predicted octanol–water partition coefficient (Wildman–Crippen LogP) is 3.88. The third-order valence-corrected chi connectivity index (χ3v) is 4.23. The minimum atomic E-state index is 0.229. The van der Waals surface area contributed by atoms with Crippen LogP contribution in [0.5, 0.6) is 0 Å². The van der Waals surface area contributed by atoms with Crippen molar-refractivity contribution in [2.45, 2.75) is 65.3 Å². The van der Waals surface area contributed by atoms with Gasteiger partial charge < -0.3 is 5.73 Å². The highest BCUT2D eigenvalue weighted by atomic mass is 14.7. The Morgan fingerprint density at radius 3 is 2.06 bits per heavy atom. The summed E-state index contributed by atoms with van der Waals surface area (Å²) in [5, 5.41) is 0. The zero-order valence-electron chi connectivity index (χ0n) is 12.5. The van der Waals surface area contributed by atoms with Crippen molar-refractivity contribution in [3.8, 4) is 0 Å². The highest BCUT2D eigenvalue weighted by Gasteiger charge is 2.29. The maximum atomic E-state index is 6.27. The monoisotopic (exact) mass is 245 g/mol. The first kappa shape index (κ1) is 13.6. The highest BCUT2D eigenvalue weighted by Crippen LogP contribution is 2.34. The molecule has 1 atom stereocenters. The van der Waals surface area contributed by atoms with E-state index in [0.717, 1.165) is 12.3 Å². The zero-order valence-corrected chi connectivity index (χ0v) is 12.5. The number of rotatable bonds is 3. The van der Waals surface area contributed by atoms with Crippen LogP contribution in [-0.4, -0.2) is 6.04 Å². The van der Waals surface area contributed by atoms with Crippen LogP contribution in [0, 0.1) is 19.8 Å². The molecule has 0 amide bonds. The first-order valence-electron chi connectivity index (χ1n) is 7.15. The van der Waals surface area contributed by atoms with Gasteiger partial charge in [-0.15, -0.1) is 0 Å². The van der Waals surface area contributed by atoms with Crippen LogP contribution in [0.1, 0.15) is 55.9 Å². The van der Waals surface area contributed by atoms with Crippen LogP contribution in [0.3, 0.4) is 0 Å². The van der Waals surface area contributed by atoms with Crippen LogP contribution in [0.15, 0.2) is 12.1 Å². The minimum Gasteiger partial charge on any atom is -0.327 e. The van der Waals surface area contributed by atoms with Gasteiger partial charge in [0.15, 0.2) is 0 Å². The van der Waals surface area contributed by atoms with Gasteiger partial charge in [0.1, 0.15) is 0 Å². The summed E-state index contributed by atoms with van der Waals surface area (Å²) in [6, 6.07) is 5.06. The summed E-state index contributed by atoms with van der Waals surface area (Å²) in [5.41, 5.74) is 12.2. The molecule has 1 saturated carbocycles. The molecular formula is C17H27N. The third-order valence-electron chi connectivity index (χ3n) is 4.23. The van der Waals surface area contributed by atoms with Gasteiger partial charge in [-0.25, -0.2) is 0 Å². The van der Waals surface area contributed by atoms with E-state index in [0.29, 0.717) is 6.04 Å². The Labute approximate surface area is 112 Å². The van der Waals surface area contributed by atoms with Gasteiger partial charge >= 0.3 is 0 Å². The van der Waals surface area contributed by atoms with Crippen LogP contribution in [0.2, 0.25) is 0 Å². The lowest BCUT2D eigenvalue weighted by Crippen LogP contribution is -2.26. The standard InChI is InChI=1S/C17H27N/c1-11-8-14(17(3,4)5)9-12(2)15(11)10-16(18)13-6-7-13/h8-9,13,16H,6-7,10,18H2,1-5H3. The van der Waals surface area contributed by atoms with E-state index in [9.17, 15) is 0 Å². The van der Waals surface area contributed by atoms with Crippen LogP contribution in [0.25, 0.3) is 0 Å². The lowest BCUT2D eigenvalue weighted by Gasteiger charge is -2.23. The Kier molecular flexibility index (Phi) is 3.55. The van der Waals surface area contributed by atoms with Gasteiger partial charge in [0.2, 0.25) is 0 Å². The minimum absolute atomic E-state index is 0.229. The van der Waals surface area contributed by atoms with Crippen molar-refractivity contribution < 1.29 is 0 Å². The van der Waals surface area contributed by atoms with Crippen molar-refractivity contribution in [3.05, 3.63) is 34.4 Å². The molecule has 0 spiro atoms.